The number of carboxylic acid groups (broad SMARTS) is 1. The molecule has 0 bridgehead atoms. The maximum atomic E-state index is 13.0. The van der Waals surface area contributed by atoms with Crippen molar-refractivity contribution in [1.82, 2.24) is 4.90 Å². The number of carboxylic acids is 1. The fourth-order valence-electron chi connectivity index (χ4n) is 4.26. The van der Waals surface area contributed by atoms with Crippen molar-refractivity contribution in [3.63, 3.8) is 0 Å². The highest BCUT2D eigenvalue weighted by molar-refractivity contribution is 5.90. The van der Waals surface area contributed by atoms with Gasteiger partial charge in [-0.25, -0.2) is 4.79 Å². The number of aryl methyl sites for hydroxylation is 1. The number of carbonyl (C=O) groups is 2. The van der Waals surface area contributed by atoms with Crippen LogP contribution in [-0.2, 0) is 11.2 Å². The van der Waals surface area contributed by atoms with E-state index in [1.165, 1.54) is 16.3 Å². The Morgan fingerprint density at radius 3 is 2.57 bits per heavy atom. The highest BCUT2D eigenvalue weighted by atomic mass is 16.4. The molecule has 1 fully saturated rings. The van der Waals surface area contributed by atoms with E-state index in [4.69, 9.17) is 0 Å². The van der Waals surface area contributed by atoms with Crippen molar-refractivity contribution in [3.05, 3.63) is 83.4 Å². The first-order valence-electron chi connectivity index (χ1n) is 9.73. The SMILES string of the molecule is O=C(O)c1ccccc1CCC(=O)N1CCCC1c1cccc2ccccc12. The molecule has 1 aliphatic heterocycles. The lowest BCUT2D eigenvalue weighted by atomic mass is 9.96. The lowest BCUT2D eigenvalue weighted by Gasteiger charge is -2.26. The van der Waals surface area contributed by atoms with Gasteiger partial charge >= 0.3 is 5.97 Å². The van der Waals surface area contributed by atoms with Gasteiger partial charge in [0.05, 0.1) is 11.6 Å². The molecule has 1 saturated heterocycles. The number of rotatable bonds is 5. The number of amides is 1. The molecule has 0 saturated carbocycles. The number of fused-ring (bicyclic) bond motifs is 1. The second-order valence-corrected chi connectivity index (χ2v) is 7.28. The minimum Gasteiger partial charge on any atom is -0.478 e. The van der Waals surface area contributed by atoms with Crippen molar-refractivity contribution < 1.29 is 14.7 Å². The van der Waals surface area contributed by atoms with Crippen LogP contribution in [0.5, 0.6) is 0 Å². The number of benzene rings is 3. The molecule has 142 valence electrons. The van der Waals surface area contributed by atoms with Crippen molar-refractivity contribution in [2.24, 2.45) is 0 Å². The fourth-order valence-corrected chi connectivity index (χ4v) is 4.26. The van der Waals surface area contributed by atoms with E-state index in [9.17, 15) is 14.7 Å². The van der Waals surface area contributed by atoms with Gasteiger partial charge in [0.25, 0.3) is 0 Å². The summed E-state index contributed by atoms with van der Waals surface area (Å²) in [5.41, 5.74) is 2.20. The maximum absolute atomic E-state index is 13.0. The summed E-state index contributed by atoms with van der Waals surface area (Å²) in [4.78, 5) is 26.4. The third-order valence-corrected chi connectivity index (χ3v) is 5.61. The summed E-state index contributed by atoms with van der Waals surface area (Å²) in [6.07, 6.45) is 2.72. The summed E-state index contributed by atoms with van der Waals surface area (Å²) < 4.78 is 0. The number of hydrogen-bond acceptors (Lipinski definition) is 2. The van der Waals surface area contributed by atoms with Gasteiger partial charge in [0, 0.05) is 13.0 Å². The molecule has 4 nitrogen and oxygen atoms in total. The van der Waals surface area contributed by atoms with Crippen LogP contribution in [0.15, 0.2) is 66.7 Å². The molecule has 0 aliphatic carbocycles. The topological polar surface area (TPSA) is 57.6 Å². The van der Waals surface area contributed by atoms with Gasteiger partial charge in [-0.05, 0) is 47.2 Å². The van der Waals surface area contributed by atoms with Gasteiger partial charge in [-0.15, -0.1) is 0 Å². The predicted molar refractivity (Wildman–Crippen MR) is 109 cm³/mol. The van der Waals surface area contributed by atoms with Gasteiger partial charge < -0.3 is 10.0 Å². The first-order valence-corrected chi connectivity index (χ1v) is 9.73. The Balaban J connectivity index is 1.54. The quantitative estimate of drug-likeness (QED) is 0.697. The summed E-state index contributed by atoms with van der Waals surface area (Å²) in [5, 5.41) is 11.7. The Hall–Kier alpha value is -3.14. The monoisotopic (exact) mass is 373 g/mol. The molecule has 1 heterocycles. The van der Waals surface area contributed by atoms with Crippen LogP contribution >= 0.6 is 0 Å². The minimum atomic E-state index is -0.946. The van der Waals surface area contributed by atoms with Gasteiger partial charge in [-0.3, -0.25) is 4.79 Å². The van der Waals surface area contributed by atoms with E-state index >= 15 is 0 Å². The largest absolute Gasteiger partial charge is 0.478 e. The van der Waals surface area contributed by atoms with E-state index in [-0.39, 0.29) is 17.5 Å². The van der Waals surface area contributed by atoms with Crippen LogP contribution in [0.2, 0.25) is 0 Å². The van der Waals surface area contributed by atoms with Gasteiger partial charge in [0.15, 0.2) is 0 Å². The summed E-state index contributed by atoms with van der Waals surface area (Å²) in [6.45, 7) is 0.757. The van der Waals surface area contributed by atoms with Gasteiger partial charge in [-0.1, -0.05) is 60.7 Å². The number of aromatic carboxylic acids is 1. The molecule has 1 unspecified atom stereocenters. The van der Waals surface area contributed by atoms with E-state index < -0.39 is 5.97 Å². The smallest absolute Gasteiger partial charge is 0.335 e. The summed E-state index contributed by atoms with van der Waals surface area (Å²) in [6, 6.07) is 21.6. The first kappa shape index (κ1) is 18.2. The van der Waals surface area contributed by atoms with E-state index in [0.717, 1.165) is 19.4 Å². The van der Waals surface area contributed by atoms with E-state index in [0.29, 0.717) is 18.4 Å². The molecule has 1 amide bonds. The summed E-state index contributed by atoms with van der Waals surface area (Å²) in [5.74, 6) is -0.853. The first-order chi connectivity index (χ1) is 13.6. The van der Waals surface area contributed by atoms with Crippen molar-refractivity contribution >= 4 is 22.6 Å². The van der Waals surface area contributed by atoms with Gasteiger partial charge in [-0.2, -0.15) is 0 Å². The van der Waals surface area contributed by atoms with Gasteiger partial charge in [0.1, 0.15) is 0 Å². The average molecular weight is 373 g/mol. The van der Waals surface area contributed by atoms with Crippen molar-refractivity contribution in [1.29, 1.82) is 0 Å². The Labute approximate surface area is 164 Å². The Kier molecular flexibility index (Phi) is 5.11. The Morgan fingerprint density at radius 1 is 0.964 bits per heavy atom. The second kappa shape index (κ2) is 7.85. The molecule has 0 radical (unpaired) electrons. The molecular weight excluding hydrogens is 350 g/mol. The molecule has 28 heavy (non-hydrogen) atoms. The van der Waals surface area contributed by atoms with Crippen molar-refractivity contribution in [2.45, 2.75) is 31.7 Å². The highest BCUT2D eigenvalue weighted by Gasteiger charge is 2.30. The van der Waals surface area contributed by atoms with E-state index in [2.05, 4.69) is 30.3 Å². The maximum Gasteiger partial charge on any atom is 0.335 e. The van der Waals surface area contributed by atoms with Crippen LogP contribution in [-0.4, -0.2) is 28.4 Å². The molecule has 1 atom stereocenters. The molecule has 1 N–H and O–H groups in total. The third-order valence-electron chi connectivity index (χ3n) is 5.61. The third kappa shape index (κ3) is 3.50. The van der Waals surface area contributed by atoms with Crippen LogP contribution in [0.4, 0.5) is 0 Å². The molecule has 0 aromatic heterocycles. The average Bonchev–Trinajstić information content (AvgIpc) is 3.21. The van der Waals surface area contributed by atoms with Crippen molar-refractivity contribution in [3.8, 4) is 0 Å². The Bertz CT molecular complexity index is 1020. The van der Waals surface area contributed by atoms with Crippen LogP contribution in [0.25, 0.3) is 10.8 Å². The van der Waals surface area contributed by atoms with Crippen molar-refractivity contribution in [2.75, 3.05) is 6.54 Å². The highest BCUT2D eigenvalue weighted by Crippen LogP contribution is 2.36. The number of carbonyl (C=O) groups excluding carboxylic acids is 1. The molecule has 4 heteroatoms. The van der Waals surface area contributed by atoms with Gasteiger partial charge in [0.2, 0.25) is 5.91 Å². The normalized spacial score (nSPS) is 16.4. The zero-order chi connectivity index (χ0) is 19.5. The molecule has 1 aliphatic rings. The zero-order valence-corrected chi connectivity index (χ0v) is 15.7. The number of hydrogen-bond donors (Lipinski definition) is 1. The lowest BCUT2D eigenvalue weighted by molar-refractivity contribution is -0.132. The zero-order valence-electron chi connectivity index (χ0n) is 15.7. The van der Waals surface area contributed by atoms with Crippen LogP contribution in [0.1, 0.15) is 46.8 Å². The van der Waals surface area contributed by atoms with Crippen LogP contribution in [0.3, 0.4) is 0 Å². The fraction of sp³-hybridized carbons (Fsp3) is 0.250. The van der Waals surface area contributed by atoms with Crippen LogP contribution in [0, 0.1) is 0 Å². The van der Waals surface area contributed by atoms with E-state index in [1.807, 2.05) is 23.1 Å². The number of likely N-dealkylation sites (tertiary alicyclic amines) is 1. The standard InChI is InChI=1S/C24H23NO3/c26-23(15-14-18-8-2-4-11-20(18)24(27)28)25-16-6-13-22(25)21-12-5-9-17-7-1-3-10-19(17)21/h1-5,7-12,22H,6,13-16H2,(H,27,28). The Morgan fingerprint density at radius 2 is 1.71 bits per heavy atom. The minimum absolute atomic E-state index is 0.0910. The summed E-state index contributed by atoms with van der Waals surface area (Å²) in [7, 11) is 0. The van der Waals surface area contributed by atoms with Crippen LogP contribution < -0.4 is 0 Å². The molecule has 3 aromatic rings. The molecule has 3 aromatic carbocycles. The molecule has 4 rings (SSSR count). The van der Waals surface area contributed by atoms with E-state index in [1.54, 1.807) is 18.2 Å². The molecular formula is C24H23NO3. The predicted octanol–water partition coefficient (Wildman–Crippen LogP) is 4.83. The molecule has 0 spiro atoms. The lowest BCUT2D eigenvalue weighted by Crippen LogP contribution is -2.31. The second-order valence-electron chi connectivity index (χ2n) is 7.28. The summed E-state index contributed by atoms with van der Waals surface area (Å²) >= 11 is 0. The number of nitrogens with zero attached hydrogens (tertiary/aromatic N) is 1.